The molecule has 1 spiro atoms. The first-order valence-corrected chi connectivity index (χ1v) is 7.85. The summed E-state index contributed by atoms with van der Waals surface area (Å²) in [5.41, 5.74) is 7.55. The van der Waals surface area contributed by atoms with Gasteiger partial charge in [-0.3, -0.25) is 4.79 Å². The second-order valence-corrected chi connectivity index (χ2v) is 6.42. The van der Waals surface area contributed by atoms with Crippen molar-refractivity contribution in [2.24, 2.45) is 11.1 Å². The number of benzene rings is 1. The lowest BCUT2D eigenvalue weighted by molar-refractivity contribution is -0.132. The Morgan fingerprint density at radius 1 is 1.24 bits per heavy atom. The molecule has 0 saturated carbocycles. The number of carbonyl (C=O) groups is 1. The number of likely N-dealkylation sites (tertiary alicyclic amines) is 1. The fourth-order valence-corrected chi connectivity index (χ4v) is 3.53. The number of rotatable bonds is 3. The maximum absolute atomic E-state index is 12.5. The van der Waals surface area contributed by atoms with E-state index < -0.39 is 6.04 Å². The van der Waals surface area contributed by atoms with Crippen LogP contribution in [-0.2, 0) is 16.0 Å². The van der Waals surface area contributed by atoms with E-state index in [9.17, 15) is 4.79 Å². The third kappa shape index (κ3) is 3.27. The molecule has 0 unspecified atom stereocenters. The van der Waals surface area contributed by atoms with Crippen LogP contribution in [0.25, 0.3) is 0 Å². The van der Waals surface area contributed by atoms with Crippen molar-refractivity contribution in [3.8, 4) is 0 Å². The Hall–Kier alpha value is -1.39. The number of carbonyl (C=O) groups excluding carboxylic acids is 1. The summed E-state index contributed by atoms with van der Waals surface area (Å²) in [6.07, 6.45) is 3.86. The molecule has 1 atom stereocenters. The van der Waals surface area contributed by atoms with Gasteiger partial charge in [0.15, 0.2) is 0 Å². The van der Waals surface area contributed by atoms with Gasteiger partial charge in [-0.05, 0) is 36.7 Å². The molecule has 2 aliphatic rings. The Labute approximate surface area is 126 Å². The van der Waals surface area contributed by atoms with E-state index in [4.69, 9.17) is 10.5 Å². The summed E-state index contributed by atoms with van der Waals surface area (Å²) in [7, 11) is 0. The second-order valence-electron chi connectivity index (χ2n) is 6.42. The maximum Gasteiger partial charge on any atom is 0.239 e. The van der Waals surface area contributed by atoms with Gasteiger partial charge in [-0.25, -0.2) is 0 Å². The molecular weight excluding hydrogens is 264 g/mol. The van der Waals surface area contributed by atoms with Gasteiger partial charge >= 0.3 is 0 Å². The molecule has 1 amide bonds. The molecule has 1 aromatic rings. The van der Waals surface area contributed by atoms with E-state index in [1.165, 1.54) is 0 Å². The van der Waals surface area contributed by atoms with E-state index in [1.807, 2.05) is 35.2 Å². The summed E-state index contributed by atoms with van der Waals surface area (Å²) in [6.45, 7) is 3.37. The Morgan fingerprint density at radius 3 is 2.67 bits per heavy atom. The van der Waals surface area contributed by atoms with E-state index in [1.54, 1.807) is 0 Å². The van der Waals surface area contributed by atoms with Crippen LogP contribution in [-0.4, -0.2) is 43.2 Å². The first-order chi connectivity index (χ1) is 10.2. The lowest BCUT2D eigenvalue weighted by Crippen LogP contribution is -2.45. The van der Waals surface area contributed by atoms with Gasteiger partial charge in [0, 0.05) is 26.3 Å². The Morgan fingerprint density at radius 2 is 1.95 bits per heavy atom. The van der Waals surface area contributed by atoms with E-state index in [0.717, 1.165) is 51.1 Å². The lowest BCUT2D eigenvalue weighted by atomic mass is 9.80. The first-order valence-electron chi connectivity index (χ1n) is 7.85. The summed E-state index contributed by atoms with van der Waals surface area (Å²) in [5.74, 6) is 0.0993. The Kier molecular flexibility index (Phi) is 4.27. The predicted octanol–water partition coefficient (Wildman–Crippen LogP) is 1.59. The zero-order valence-corrected chi connectivity index (χ0v) is 12.5. The van der Waals surface area contributed by atoms with E-state index in [0.29, 0.717) is 11.8 Å². The molecule has 3 rings (SSSR count). The number of ether oxygens (including phenoxy) is 1. The van der Waals surface area contributed by atoms with Crippen molar-refractivity contribution in [3.63, 3.8) is 0 Å². The molecule has 0 aliphatic carbocycles. The number of amides is 1. The van der Waals surface area contributed by atoms with Crippen LogP contribution in [0, 0.1) is 5.41 Å². The summed E-state index contributed by atoms with van der Waals surface area (Å²) < 4.78 is 5.45. The van der Waals surface area contributed by atoms with Gasteiger partial charge in [0.25, 0.3) is 0 Å². The van der Waals surface area contributed by atoms with Crippen LogP contribution in [0.3, 0.4) is 0 Å². The van der Waals surface area contributed by atoms with Gasteiger partial charge in [0.05, 0.1) is 6.04 Å². The minimum Gasteiger partial charge on any atom is -0.381 e. The van der Waals surface area contributed by atoms with Crippen molar-refractivity contribution in [1.29, 1.82) is 0 Å². The molecular formula is C17H24N2O2. The topological polar surface area (TPSA) is 55.6 Å². The van der Waals surface area contributed by atoms with Crippen molar-refractivity contribution in [2.45, 2.75) is 31.7 Å². The monoisotopic (exact) mass is 288 g/mol. The molecule has 2 N–H and O–H groups in total. The Balaban J connectivity index is 1.58. The average Bonchev–Trinajstić information content (AvgIpc) is 2.92. The van der Waals surface area contributed by atoms with Gasteiger partial charge < -0.3 is 15.4 Å². The Bertz CT molecular complexity index is 483. The van der Waals surface area contributed by atoms with Crippen molar-refractivity contribution in [1.82, 2.24) is 4.90 Å². The highest BCUT2D eigenvalue weighted by Gasteiger charge is 2.41. The van der Waals surface area contributed by atoms with E-state index in [-0.39, 0.29) is 5.91 Å². The van der Waals surface area contributed by atoms with Crippen molar-refractivity contribution >= 4 is 5.91 Å². The van der Waals surface area contributed by atoms with Gasteiger partial charge in [-0.2, -0.15) is 0 Å². The fourth-order valence-electron chi connectivity index (χ4n) is 3.53. The molecule has 4 heteroatoms. The molecule has 1 aromatic carbocycles. The third-order valence-electron chi connectivity index (χ3n) is 4.92. The second kappa shape index (κ2) is 6.16. The smallest absolute Gasteiger partial charge is 0.239 e. The summed E-state index contributed by atoms with van der Waals surface area (Å²) in [5, 5.41) is 0. The minimum absolute atomic E-state index is 0.0993. The molecule has 2 fully saturated rings. The van der Waals surface area contributed by atoms with Crippen LogP contribution in [0.5, 0.6) is 0 Å². The molecule has 0 aromatic heterocycles. The lowest BCUT2D eigenvalue weighted by Gasteiger charge is -2.33. The van der Waals surface area contributed by atoms with Crippen LogP contribution >= 0.6 is 0 Å². The average molecular weight is 288 g/mol. The standard InChI is InChI=1S/C17H24N2O2/c18-15(12-14-4-2-1-3-5-14)16(20)19-9-6-17(13-19)7-10-21-11-8-17/h1-5,15H,6-13,18H2/t15-/m0/s1. The number of nitrogens with zero attached hydrogens (tertiary/aromatic N) is 1. The van der Waals surface area contributed by atoms with Crippen molar-refractivity contribution in [3.05, 3.63) is 35.9 Å². The predicted molar refractivity (Wildman–Crippen MR) is 81.8 cm³/mol. The summed E-state index contributed by atoms with van der Waals surface area (Å²) >= 11 is 0. The van der Waals surface area contributed by atoms with Crippen LogP contribution in [0.15, 0.2) is 30.3 Å². The zero-order valence-electron chi connectivity index (χ0n) is 12.5. The first kappa shape index (κ1) is 14.5. The van der Waals surface area contributed by atoms with Gasteiger partial charge in [0.1, 0.15) is 0 Å². The largest absolute Gasteiger partial charge is 0.381 e. The number of hydrogen-bond acceptors (Lipinski definition) is 3. The van der Waals surface area contributed by atoms with Crippen molar-refractivity contribution < 1.29 is 9.53 Å². The normalized spacial score (nSPS) is 22.4. The highest BCUT2D eigenvalue weighted by molar-refractivity contribution is 5.82. The van der Waals surface area contributed by atoms with Crippen LogP contribution < -0.4 is 5.73 Å². The molecule has 0 radical (unpaired) electrons. The highest BCUT2D eigenvalue weighted by Crippen LogP contribution is 2.39. The van der Waals surface area contributed by atoms with Crippen LogP contribution in [0.4, 0.5) is 0 Å². The summed E-state index contributed by atoms with van der Waals surface area (Å²) in [4.78, 5) is 14.5. The zero-order chi connectivity index (χ0) is 14.7. The molecule has 4 nitrogen and oxygen atoms in total. The van der Waals surface area contributed by atoms with E-state index in [2.05, 4.69) is 0 Å². The molecule has 0 bridgehead atoms. The molecule has 2 saturated heterocycles. The molecule has 2 aliphatic heterocycles. The maximum atomic E-state index is 12.5. The van der Waals surface area contributed by atoms with Crippen LogP contribution in [0.1, 0.15) is 24.8 Å². The summed E-state index contributed by atoms with van der Waals surface area (Å²) in [6, 6.07) is 9.57. The molecule has 114 valence electrons. The minimum atomic E-state index is -0.428. The van der Waals surface area contributed by atoms with Gasteiger partial charge in [-0.15, -0.1) is 0 Å². The molecule has 21 heavy (non-hydrogen) atoms. The van der Waals surface area contributed by atoms with Gasteiger partial charge in [-0.1, -0.05) is 30.3 Å². The van der Waals surface area contributed by atoms with Crippen LogP contribution in [0.2, 0.25) is 0 Å². The number of hydrogen-bond donors (Lipinski definition) is 1. The number of nitrogens with two attached hydrogens (primary N) is 1. The quantitative estimate of drug-likeness (QED) is 0.919. The molecule has 2 heterocycles. The third-order valence-corrected chi connectivity index (χ3v) is 4.92. The van der Waals surface area contributed by atoms with E-state index >= 15 is 0 Å². The van der Waals surface area contributed by atoms with Crippen molar-refractivity contribution in [2.75, 3.05) is 26.3 Å². The highest BCUT2D eigenvalue weighted by atomic mass is 16.5. The fraction of sp³-hybridized carbons (Fsp3) is 0.588. The SMILES string of the molecule is N[C@@H](Cc1ccccc1)C(=O)N1CCC2(CCOCC2)C1. The van der Waals surface area contributed by atoms with Gasteiger partial charge in [0.2, 0.25) is 5.91 Å².